The first-order valence-electron chi connectivity index (χ1n) is 7.98. The molecule has 23 heavy (non-hydrogen) atoms. The molecule has 1 aromatic carbocycles. The number of hydrogen-bond donors (Lipinski definition) is 5. The summed E-state index contributed by atoms with van der Waals surface area (Å²) >= 11 is 0. The Kier molecular flexibility index (Phi) is 6.97. The number of rotatable bonds is 8. The molecule has 0 fully saturated rings. The van der Waals surface area contributed by atoms with Crippen molar-refractivity contribution in [2.75, 3.05) is 5.32 Å². The lowest BCUT2D eigenvalue weighted by Crippen LogP contribution is -2.31. The monoisotopic (exact) mass is 319 g/mol. The van der Waals surface area contributed by atoms with E-state index in [1.807, 2.05) is 6.92 Å². The average Bonchev–Trinajstić information content (AvgIpc) is 2.45. The fourth-order valence-electron chi connectivity index (χ4n) is 2.38. The van der Waals surface area contributed by atoms with Crippen LogP contribution in [0.1, 0.15) is 52.0 Å². The van der Waals surface area contributed by atoms with Gasteiger partial charge in [0.1, 0.15) is 19.3 Å². The lowest BCUT2D eigenvalue weighted by Gasteiger charge is -2.25. The standard InChI is InChI=1S/C17H26BNO4/c1-4-6-7-9-11-15(18)12(20)10-13(21)16(11)19-14(8-5-2)17(3,22)23/h8,10,19-23H,4-7,9H2,1-3H3/b14-8-. The topological polar surface area (TPSA) is 93.0 Å². The van der Waals surface area contributed by atoms with Crippen molar-refractivity contribution in [3.05, 3.63) is 23.4 Å². The summed E-state index contributed by atoms with van der Waals surface area (Å²) in [6.07, 6.45) is 5.64. The van der Waals surface area contributed by atoms with E-state index < -0.39 is 5.79 Å². The summed E-state index contributed by atoms with van der Waals surface area (Å²) in [4.78, 5) is 0. The van der Waals surface area contributed by atoms with Crippen LogP contribution in [0.25, 0.3) is 0 Å². The molecule has 0 unspecified atom stereocenters. The molecule has 0 saturated carbocycles. The lowest BCUT2D eigenvalue weighted by molar-refractivity contribution is -0.110. The normalized spacial score (nSPS) is 12.5. The Morgan fingerprint density at radius 2 is 1.87 bits per heavy atom. The van der Waals surface area contributed by atoms with Crippen molar-refractivity contribution in [1.82, 2.24) is 0 Å². The first kappa shape index (κ1) is 19.4. The zero-order chi connectivity index (χ0) is 17.6. The van der Waals surface area contributed by atoms with Crippen LogP contribution in [0.3, 0.4) is 0 Å². The highest BCUT2D eigenvalue weighted by atomic mass is 16.5. The molecule has 0 aliphatic rings. The summed E-state index contributed by atoms with van der Waals surface area (Å²) in [6.45, 7) is 5.17. The van der Waals surface area contributed by atoms with Crippen LogP contribution in [0.15, 0.2) is 17.8 Å². The van der Waals surface area contributed by atoms with Crippen LogP contribution in [-0.2, 0) is 6.42 Å². The van der Waals surface area contributed by atoms with E-state index in [0.717, 1.165) is 25.3 Å². The van der Waals surface area contributed by atoms with Gasteiger partial charge in [0.15, 0.2) is 0 Å². The fraction of sp³-hybridized carbons (Fsp3) is 0.529. The second-order valence-corrected chi connectivity index (χ2v) is 5.81. The molecular weight excluding hydrogens is 293 g/mol. The minimum atomic E-state index is -2.07. The fourth-order valence-corrected chi connectivity index (χ4v) is 2.38. The largest absolute Gasteiger partial charge is 0.508 e. The number of nitrogens with one attached hydrogen (secondary N) is 1. The Bertz CT molecular complexity index is 565. The maximum Gasteiger partial charge on any atom is 0.201 e. The quantitative estimate of drug-likeness (QED) is 0.166. The minimum absolute atomic E-state index is 0.150. The van der Waals surface area contributed by atoms with Crippen LogP contribution in [-0.4, -0.2) is 34.1 Å². The van der Waals surface area contributed by atoms with Gasteiger partial charge in [-0.05, 0) is 31.7 Å². The first-order chi connectivity index (χ1) is 10.7. The molecule has 0 aliphatic heterocycles. The number of benzene rings is 1. The summed E-state index contributed by atoms with van der Waals surface area (Å²) in [5.74, 6) is -2.44. The zero-order valence-corrected chi connectivity index (χ0v) is 14.1. The minimum Gasteiger partial charge on any atom is -0.508 e. The lowest BCUT2D eigenvalue weighted by atomic mass is 9.85. The van der Waals surface area contributed by atoms with E-state index in [1.165, 1.54) is 6.92 Å². The van der Waals surface area contributed by atoms with Gasteiger partial charge in [-0.2, -0.15) is 0 Å². The van der Waals surface area contributed by atoms with Crippen molar-refractivity contribution < 1.29 is 20.4 Å². The van der Waals surface area contributed by atoms with Crippen LogP contribution in [0.4, 0.5) is 5.69 Å². The molecular formula is C17H26BNO4. The van der Waals surface area contributed by atoms with Crippen LogP contribution in [0.2, 0.25) is 0 Å². The summed E-state index contributed by atoms with van der Waals surface area (Å²) in [5.41, 5.74) is 1.21. The highest BCUT2D eigenvalue weighted by Crippen LogP contribution is 2.33. The van der Waals surface area contributed by atoms with E-state index in [9.17, 15) is 20.4 Å². The number of phenolic OH excluding ortho intramolecular Hbond substituents is 2. The summed E-state index contributed by atoms with van der Waals surface area (Å²) < 4.78 is 0. The van der Waals surface area contributed by atoms with Crippen molar-refractivity contribution >= 4 is 19.0 Å². The van der Waals surface area contributed by atoms with Crippen LogP contribution >= 0.6 is 0 Å². The number of anilines is 1. The van der Waals surface area contributed by atoms with E-state index in [0.29, 0.717) is 24.1 Å². The maximum absolute atomic E-state index is 10.2. The molecule has 0 aliphatic carbocycles. The molecule has 0 saturated heterocycles. The molecule has 0 bridgehead atoms. The highest BCUT2D eigenvalue weighted by molar-refractivity contribution is 6.36. The molecule has 0 amide bonds. The van der Waals surface area contributed by atoms with Gasteiger partial charge in [-0.1, -0.05) is 38.2 Å². The molecule has 2 radical (unpaired) electrons. The van der Waals surface area contributed by atoms with Gasteiger partial charge in [0.05, 0.1) is 11.4 Å². The third-order valence-corrected chi connectivity index (χ3v) is 3.64. The van der Waals surface area contributed by atoms with Crippen LogP contribution in [0, 0.1) is 0 Å². The molecule has 126 valence electrons. The molecule has 1 rings (SSSR count). The van der Waals surface area contributed by atoms with Gasteiger partial charge in [-0.25, -0.2) is 0 Å². The molecule has 0 heterocycles. The van der Waals surface area contributed by atoms with E-state index in [4.69, 9.17) is 7.85 Å². The van der Waals surface area contributed by atoms with E-state index in [-0.39, 0.29) is 22.7 Å². The second kappa shape index (κ2) is 8.27. The van der Waals surface area contributed by atoms with Crippen LogP contribution in [0.5, 0.6) is 11.5 Å². The second-order valence-electron chi connectivity index (χ2n) is 5.81. The third-order valence-electron chi connectivity index (χ3n) is 3.64. The molecule has 5 nitrogen and oxygen atoms in total. The van der Waals surface area contributed by atoms with E-state index in [2.05, 4.69) is 12.2 Å². The van der Waals surface area contributed by atoms with Crippen molar-refractivity contribution in [3.63, 3.8) is 0 Å². The van der Waals surface area contributed by atoms with Crippen molar-refractivity contribution in [3.8, 4) is 11.5 Å². The SMILES string of the molecule is [B]c1c(O)cc(O)c(N/C(=C\CC)C(C)(O)O)c1CCCCC. The molecule has 5 N–H and O–H groups in total. The average molecular weight is 319 g/mol. The molecule has 1 aromatic rings. The predicted octanol–water partition coefficient (Wildman–Crippen LogP) is 2.03. The van der Waals surface area contributed by atoms with E-state index in [1.54, 1.807) is 6.08 Å². The summed E-state index contributed by atoms with van der Waals surface area (Å²) in [6, 6.07) is 1.15. The zero-order valence-electron chi connectivity index (χ0n) is 14.1. The Morgan fingerprint density at radius 3 is 2.39 bits per heavy atom. The van der Waals surface area contributed by atoms with Crippen molar-refractivity contribution in [2.45, 2.75) is 58.7 Å². The van der Waals surface area contributed by atoms with Gasteiger partial charge in [0, 0.05) is 6.07 Å². The maximum atomic E-state index is 10.2. The molecule has 6 heteroatoms. The van der Waals surface area contributed by atoms with Gasteiger partial charge in [-0.3, -0.25) is 0 Å². The van der Waals surface area contributed by atoms with Gasteiger partial charge >= 0.3 is 0 Å². The first-order valence-corrected chi connectivity index (χ1v) is 7.98. The predicted molar refractivity (Wildman–Crippen MR) is 93.2 cm³/mol. The Labute approximate surface area is 139 Å². The van der Waals surface area contributed by atoms with Gasteiger partial charge < -0.3 is 25.7 Å². The Hall–Kier alpha value is -1.66. The molecule has 0 aromatic heterocycles. The summed E-state index contributed by atoms with van der Waals surface area (Å²) in [7, 11) is 5.95. The molecule has 0 atom stereocenters. The number of aliphatic hydroxyl groups is 2. The highest BCUT2D eigenvalue weighted by Gasteiger charge is 2.24. The van der Waals surface area contributed by atoms with Crippen LogP contribution < -0.4 is 10.8 Å². The Morgan fingerprint density at radius 1 is 1.22 bits per heavy atom. The number of aromatic hydroxyl groups is 2. The van der Waals surface area contributed by atoms with Crippen molar-refractivity contribution in [1.29, 1.82) is 0 Å². The number of phenols is 2. The van der Waals surface area contributed by atoms with Gasteiger partial charge in [0.2, 0.25) is 5.79 Å². The number of allylic oxidation sites excluding steroid dienone is 1. The number of unbranched alkanes of at least 4 members (excludes halogenated alkanes) is 2. The van der Waals surface area contributed by atoms with E-state index >= 15 is 0 Å². The third kappa shape index (κ3) is 5.18. The van der Waals surface area contributed by atoms with Gasteiger partial charge in [-0.15, -0.1) is 0 Å². The Balaban J connectivity index is 3.27. The number of hydrogen-bond acceptors (Lipinski definition) is 5. The smallest absolute Gasteiger partial charge is 0.201 e. The van der Waals surface area contributed by atoms with Crippen molar-refractivity contribution in [2.24, 2.45) is 0 Å². The molecule has 0 spiro atoms. The summed E-state index contributed by atoms with van der Waals surface area (Å²) in [5, 5.41) is 42.6. The van der Waals surface area contributed by atoms with Gasteiger partial charge in [0.25, 0.3) is 0 Å².